The van der Waals surface area contributed by atoms with E-state index in [0.29, 0.717) is 24.6 Å². The van der Waals surface area contributed by atoms with E-state index in [1.54, 1.807) is 19.2 Å². The predicted molar refractivity (Wildman–Crippen MR) is 82.0 cm³/mol. The maximum atomic E-state index is 12.7. The Hall–Kier alpha value is -1.37. The lowest BCUT2D eigenvalue weighted by Gasteiger charge is -2.25. The highest BCUT2D eigenvalue weighted by Gasteiger charge is 2.27. The van der Waals surface area contributed by atoms with E-state index in [0.717, 1.165) is 25.1 Å². The summed E-state index contributed by atoms with van der Waals surface area (Å²) in [5, 5.41) is 3.23. The van der Waals surface area contributed by atoms with Crippen molar-refractivity contribution >= 4 is 15.7 Å². The first-order valence-corrected chi connectivity index (χ1v) is 8.59. The molecule has 6 heteroatoms. The van der Waals surface area contributed by atoms with Gasteiger partial charge in [0.25, 0.3) is 0 Å². The number of hydrogen-bond donors (Lipinski definition) is 1. The van der Waals surface area contributed by atoms with Gasteiger partial charge in [0, 0.05) is 32.4 Å². The molecule has 0 unspecified atom stereocenters. The minimum atomic E-state index is -3.41. The van der Waals surface area contributed by atoms with Crippen LogP contribution in [0.3, 0.4) is 0 Å². The van der Waals surface area contributed by atoms with Crippen LogP contribution in [-0.2, 0) is 21.2 Å². The molecule has 0 bridgehead atoms. The zero-order valence-electron chi connectivity index (χ0n) is 12.1. The van der Waals surface area contributed by atoms with Gasteiger partial charge in [0.1, 0.15) is 0 Å². The molecular formula is C15H20N2O3S. The Morgan fingerprint density at radius 1 is 1.33 bits per heavy atom. The molecule has 0 aromatic heterocycles. The molecule has 3 rings (SSSR count). The Kier molecular flexibility index (Phi) is 4.01. The summed E-state index contributed by atoms with van der Waals surface area (Å²) in [6, 6.07) is 5.39. The highest BCUT2D eigenvalue weighted by molar-refractivity contribution is 7.89. The largest absolute Gasteiger partial charge is 0.384 e. The molecule has 2 heterocycles. The topological polar surface area (TPSA) is 58.6 Å². The molecule has 0 fully saturated rings. The van der Waals surface area contributed by atoms with Crippen molar-refractivity contribution in [2.75, 3.05) is 38.7 Å². The van der Waals surface area contributed by atoms with Gasteiger partial charge in [-0.05, 0) is 36.1 Å². The summed E-state index contributed by atoms with van der Waals surface area (Å²) in [5.74, 6) is 0. The monoisotopic (exact) mass is 308 g/mol. The summed E-state index contributed by atoms with van der Waals surface area (Å²) >= 11 is 0. The van der Waals surface area contributed by atoms with Gasteiger partial charge in [-0.3, -0.25) is 0 Å². The Bertz CT molecular complexity index is 667. The van der Waals surface area contributed by atoms with Crippen LogP contribution in [0.1, 0.15) is 12.0 Å². The van der Waals surface area contributed by atoms with E-state index in [-0.39, 0.29) is 0 Å². The van der Waals surface area contributed by atoms with Crippen LogP contribution >= 0.6 is 0 Å². The van der Waals surface area contributed by atoms with E-state index in [1.165, 1.54) is 15.4 Å². The number of methoxy groups -OCH3 is 1. The average Bonchev–Trinajstić information content (AvgIpc) is 2.95. The number of rotatable bonds is 4. The van der Waals surface area contributed by atoms with E-state index in [9.17, 15) is 8.42 Å². The lowest BCUT2D eigenvalue weighted by molar-refractivity contribution is 0.219. The molecule has 0 atom stereocenters. The summed E-state index contributed by atoms with van der Waals surface area (Å²) in [6.45, 7) is 2.40. The highest BCUT2D eigenvalue weighted by Crippen LogP contribution is 2.28. The highest BCUT2D eigenvalue weighted by atomic mass is 32.2. The van der Waals surface area contributed by atoms with Gasteiger partial charge < -0.3 is 10.1 Å². The smallest absolute Gasteiger partial charge is 0.243 e. The van der Waals surface area contributed by atoms with E-state index >= 15 is 0 Å². The molecule has 114 valence electrons. The van der Waals surface area contributed by atoms with Crippen molar-refractivity contribution in [2.24, 2.45) is 0 Å². The normalized spacial score (nSPS) is 19.0. The minimum absolute atomic E-state index is 0.374. The molecule has 0 saturated heterocycles. The molecule has 0 aliphatic carbocycles. The second kappa shape index (κ2) is 5.79. The molecule has 1 aromatic carbocycles. The first-order chi connectivity index (χ1) is 10.1. The van der Waals surface area contributed by atoms with E-state index in [2.05, 4.69) is 5.32 Å². The maximum Gasteiger partial charge on any atom is 0.243 e. The van der Waals surface area contributed by atoms with Gasteiger partial charge in [-0.15, -0.1) is 0 Å². The van der Waals surface area contributed by atoms with Crippen molar-refractivity contribution in [3.63, 3.8) is 0 Å². The first-order valence-electron chi connectivity index (χ1n) is 7.15. The zero-order valence-corrected chi connectivity index (χ0v) is 12.9. The van der Waals surface area contributed by atoms with Crippen LogP contribution in [0.4, 0.5) is 5.69 Å². The molecule has 1 aromatic rings. The van der Waals surface area contributed by atoms with Gasteiger partial charge in [0.15, 0.2) is 0 Å². The summed E-state index contributed by atoms with van der Waals surface area (Å²) in [7, 11) is -1.76. The van der Waals surface area contributed by atoms with Crippen molar-refractivity contribution in [3.8, 4) is 0 Å². The Morgan fingerprint density at radius 3 is 2.90 bits per heavy atom. The first kappa shape index (κ1) is 14.6. The van der Waals surface area contributed by atoms with Gasteiger partial charge >= 0.3 is 0 Å². The van der Waals surface area contributed by atoms with E-state index in [1.807, 2.05) is 12.1 Å². The van der Waals surface area contributed by atoms with Crippen molar-refractivity contribution in [1.82, 2.24) is 4.31 Å². The van der Waals surface area contributed by atoms with Crippen molar-refractivity contribution < 1.29 is 13.2 Å². The third kappa shape index (κ3) is 2.84. The summed E-state index contributed by atoms with van der Waals surface area (Å²) in [6.07, 6.45) is 3.65. The van der Waals surface area contributed by atoms with Gasteiger partial charge in [-0.2, -0.15) is 4.31 Å². The number of nitrogens with one attached hydrogen (secondary N) is 1. The summed E-state index contributed by atoms with van der Waals surface area (Å²) in [4.78, 5) is 0.374. The van der Waals surface area contributed by atoms with Crippen LogP contribution < -0.4 is 5.32 Å². The molecule has 0 spiro atoms. The third-order valence-electron chi connectivity index (χ3n) is 4.02. The van der Waals surface area contributed by atoms with Crippen molar-refractivity contribution in [1.29, 1.82) is 0 Å². The predicted octanol–water partition coefficient (Wildman–Crippen LogP) is 1.62. The molecular weight excluding hydrogens is 288 g/mol. The van der Waals surface area contributed by atoms with Gasteiger partial charge in [-0.1, -0.05) is 12.1 Å². The number of nitrogens with zero attached hydrogens (tertiary/aromatic N) is 1. The quantitative estimate of drug-likeness (QED) is 0.859. The summed E-state index contributed by atoms with van der Waals surface area (Å²) in [5.41, 5.74) is 3.30. The number of hydrogen-bond acceptors (Lipinski definition) is 4. The van der Waals surface area contributed by atoms with E-state index < -0.39 is 10.0 Å². The standard InChI is InChI=1S/C15H20N2O3S/c1-20-11-12-5-8-17(9-6-12)21(18,19)14-3-2-13-4-7-16-15(13)10-14/h2-3,5,10,16H,4,6-9,11H2,1H3. The molecule has 0 radical (unpaired) electrons. The van der Waals surface area contributed by atoms with Gasteiger partial charge in [0.05, 0.1) is 11.5 Å². The van der Waals surface area contributed by atoms with E-state index in [4.69, 9.17) is 4.74 Å². The van der Waals surface area contributed by atoms with Crippen LogP contribution in [-0.4, -0.2) is 46.1 Å². The Balaban J connectivity index is 1.81. The second-order valence-electron chi connectivity index (χ2n) is 5.40. The minimum Gasteiger partial charge on any atom is -0.384 e. The lowest BCUT2D eigenvalue weighted by atomic mass is 10.1. The lowest BCUT2D eigenvalue weighted by Crippen LogP contribution is -2.35. The van der Waals surface area contributed by atoms with Gasteiger partial charge in [0.2, 0.25) is 10.0 Å². The molecule has 2 aliphatic heterocycles. The fraction of sp³-hybridized carbons (Fsp3) is 0.467. The molecule has 5 nitrogen and oxygen atoms in total. The number of anilines is 1. The third-order valence-corrected chi connectivity index (χ3v) is 5.89. The molecule has 21 heavy (non-hydrogen) atoms. The Morgan fingerprint density at radius 2 is 2.19 bits per heavy atom. The van der Waals surface area contributed by atoms with Crippen molar-refractivity contribution in [2.45, 2.75) is 17.7 Å². The number of ether oxygens (including phenoxy) is 1. The number of fused-ring (bicyclic) bond motifs is 1. The molecule has 0 saturated carbocycles. The van der Waals surface area contributed by atoms with Crippen molar-refractivity contribution in [3.05, 3.63) is 35.4 Å². The zero-order chi connectivity index (χ0) is 14.9. The Labute approximate surface area is 125 Å². The molecule has 0 amide bonds. The fourth-order valence-electron chi connectivity index (χ4n) is 2.81. The van der Waals surface area contributed by atoms with Crippen LogP contribution in [0.2, 0.25) is 0 Å². The summed E-state index contributed by atoms with van der Waals surface area (Å²) < 4.78 is 32.0. The van der Waals surface area contributed by atoms with Crippen LogP contribution in [0.15, 0.2) is 34.7 Å². The fourth-order valence-corrected chi connectivity index (χ4v) is 4.21. The van der Waals surface area contributed by atoms with Gasteiger partial charge in [-0.25, -0.2) is 8.42 Å². The van der Waals surface area contributed by atoms with Crippen LogP contribution in [0.25, 0.3) is 0 Å². The average molecular weight is 308 g/mol. The molecule has 1 N–H and O–H groups in total. The number of benzene rings is 1. The van der Waals surface area contributed by atoms with Crippen LogP contribution in [0.5, 0.6) is 0 Å². The second-order valence-corrected chi connectivity index (χ2v) is 7.34. The number of sulfonamides is 1. The molecule has 2 aliphatic rings. The van der Waals surface area contributed by atoms with Crippen LogP contribution in [0, 0.1) is 0 Å². The SMILES string of the molecule is COCC1=CCN(S(=O)(=O)c2ccc3c(c2)NCC3)CC1. The maximum absolute atomic E-state index is 12.7.